The lowest BCUT2D eigenvalue weighted by atomic mass is 9.88. The predicted octanol–water partition coefficient (Wildman–Crippen LogP) is 2.50. The summed E-state index contributed by atoms with van der Waals surface area (Å²) >= 11 is 0. The number of carbonyl (C=O) groups excluding carboxylic acids is 2. The summed E-state index contributed by atoms with van der Waals surface area (Å²) in [5.74, 6) is 1.02. The second-order valence-electron chi connectivity index (χ2n) is 6.45. The third kappa shape index (κ3) is 3.66. The number of hydrogen-bond acceptors (Lipinski definition) is 3. The van der Waals surface area contributed by atoms with E-state index in [9.17, 15) is 9.59 Å². The summed E-state index contributed by atoms with van der Waals surface area (Å²) < 4.78 is 5.21. The number of benzene rings is 1. The van der Waals surface area contributed by atoms with Gasteiger partial charge in [-0.3, -0.25) is 9.59 Å². The second-order valence-corrected chi connectivity index (χ2v) is 6.45. The maximum Gasteiger partial charge on any atom is 0.229 e. The van der Waals surface area contributed by atoms with Gasteiger partial charge in [0.1, 0.15) is 5.75 Å². The molecule has 0 aromatic heterocycles. The molecule has 0 bridgehead atoms. The topological polar surface area (TPSA) is 58.6 Å². The van der Waals surface area contributed by atoms with Gasteiger partial charge in [0.25, 0.3) is 0 Å². The Hall–Kier alpha value is -2.04. The molecule has 0 radical (unpaired) electrons. The molecule has 0 unspecified atom stereocenters. The maximum absolute atomic E-state index is 12.3. The number of nitrogens with one attached hydrogen (secondary N) is 1. The molecule has 1 aromatic rings. The van der Waals surface area contributed by atoms with E-state index < -0.39 is 0 Å². The summed E-state index contributed by atoms with van der Waals surface area (Å²) in [7, 11) is 1.61. The van der Waals surface area contributed by atoms with Crippen molar-refractivity contribution >= 4 is 17.5 Å². The fourth-order valence-electron chi connectivity index (χ4n) is 3.52. The Morgan fingerprint density at radius 2 is 2.04 bits per heavy atom. The van der Waals surface area contributed by atoms with Crippen LogP contribution in [0.1, 0.15) is 38.5 Å². The lowest BCUT2D eigenvalue weighted by Gasteiger charge is -2.23. The van der Waals surface area contributed by atoms with Crippen LogP contribution in [0.15, 0.2) is 24.3 Å². The normalized spacial score (nSPS) is 22.2. The van der Waals surface area contributed by atoms with Crippen LogP contribution in [0.25, 0.3) is 0 Å². The van der Waals surface area contributed by atoms with Crippen molar-refractivity contribution in [1.82, 2.24) is 5.32 Å². The highest BCUT2D eigenvalue weighted by Crippen LogP contribution is 2.27. The van der Waals surface area contributed by atoms with Gasteiger partial charge in [0, 0.05) is 30.6 Å². The van der Waals surface area contributed by atoms with Gasteiger partial charge in [-0.25, -0.2) is 0 Å². The average Bonchev–Trinajstić information content (AvgIpc) is 2.96. The molecule has 1 saturated heterocycles. The first-order valence-electron chi connectivity index (χ1n) is 8.42. The Morgan fingerprint density at radius 1 is 1.26 bits per heavy atom. The van der Waals surface area contributed by atoms with E-state index in [4.69, 9.17) is 4.74 Å². The van der Waals surface area contributed by atoms with Crippen molar-refractivity contribution in [2.24, 2.45) is 5.92 Å². The lowest BCUT2D eigenvalue weighted by molar-refractivity contribution is -0.126. The monoisotopic (exact) mass is 316 g/mol. The van der Waals surface area contributed by atoms with Crippen LogP contribution in [0.5, 0.6) is 5.75 Å². The molecule has 2 aliphatic rings. The van der Waals surface area contributed by atoms with Crippen LogP contribution in [0.2, 0.25) is 0 Å². The van der Waals surface area contributed by atoms with Crippen LogP contribution in [-0.2, 0) is 9.59 Å². The molecule has 1 N–H and O–H groups in total. The van der Waals surface area contributed by atoms with Crippen LogP contribution in [0.3, 0.4) is 0 Å². The molecular weight excluding hydrogens is 292 g/mol. The van der Waals surface area contributed by atoms with E-state index in [-0.39, 0.29) is 23.8 Å². The third-order valence-electron chi connectivity index (χ3n) is 4.81. The molecule has 2 fully saturated rings. The zero-order chi connectivity index (χ0) is 16.2. The maximum atomic E-state index is 12.3. The number of carbonyl (C=O) groups is 2. The van der Waals surface area contributed by atoms with Gasteiger partial charge in [0.2, 0.25) is 11.8 Å². The number of hydrogen-bond donors (Lipinski definition) is 1. The summed E-state index contributed by atoms with van der Waals surface area (Å²) in [6, 6.07) is 7.37. The van der Waals surface area contributed by atoms with Crippen molar-refractivity contribution in [3.05, 3.63) is 24.3 Å². The minimum Gasteiger partial charge on any atom is -0.497 e. The molecule has 2 amide bonds. The quantitative estimate of drug-likeness (QED) is 0.928. The number of anilines is 1. The summed E-state index contributed by atoms with van der Waals surface area (Å²) in [4.78, 5) is 26.4. The van der Waals surface area contributed by atoms with Crippen LogP contribution < -0.4 is 15.0 Å². The fraction of sp³-hybridized carbons (Fsp3) is 0.556. The number of nitrogens with zero attached hydrogens (tertiary/aromatic N) is 1. The Balaban J connectivity index is 1.61. The smallest absolute Gasteiger partial charge is 0.229 e. The molecule has 23 heavy (non-hydrogen) atoms. The lowest BCUT2D eigenvalue weighted by Crippen LogP contribution is -2.41. The van der Waals surface area contributed by atoms with Crippen LogP contribution in [-0.4, -0.2) is 31.5 Å². The van der Waals surface area contributed by atoms with Crippen molar-refractivity contribution in [3.63, 3.8) is 0 Å². The molecule has 0 spiro atoms. The van der Waals surface area contributed by atoms with Gasteiger partial charge in [-0.15, -0.1) is 0 Å². The van der Waals surface area contributed by atoms with Gasteiger partial charge in [-0.2, -0.15) is 0 Å². The largest absolute Gasteiger partial charge is 0.497 e. The van der Waals surface area contributed by atoms with E-state index in [1.165, 1.54) is 6.42 Å². The molecule has 5 heteroatoms. The highest BCUT2D eigenvalue weighted by molar-refractivity contribution is 5.97. The molecule has 124 valence electrons. The Morgan fingerprint density at radius 3 is 2.78 bits per heavy atom. The van der Waals surface area contributed by atoms with E-state index in [1.807, 2.05) is 24.3 Å². The van der Waals surface area contributed by atoms with Crippen molar-refractivity contribution < 1.29 is 14.3 Å². The molecule has 1 saturated carbocycles. The van der Waals surface area contributed by atoms with Gasteiger partial charge in [-0.05, 0) is 25.0 Å². The standard InChI is InChI=1S/C18H24N2O3/c1-23-16-9-5-8-15(11-16)20-12-14(10-17(20)21)19-18(22)13-6-3-2-4-7-13/h5,8-9,11,13-14H,2-4,6-7,10,12H2,1H3,(H,19,22)/t14-/m0/s1. The summed E-state index contributed by atoms with van der Waals surface area (Å²) in [6.07, 6.45) is 5.83. The van der Waals surface area contributed by atoms with Crippen molar-refractivity contribution in [1.29, 1.82) is 0 Å². The summed E-state index contributed by atoms with van der Waals surface area (Å²) in [5.41, 5.74) is 0.823. The molecule has 5 nitrogen and oxygen atoms in total. The zero-order valence-electron chi connectivity index (χ0n) is 13.6. The molecular formula is C18H24N2O3. The SMILES string of the molecule is COc1cccc(N2C[C@@H](NC(=O)C3CCCCC3)CC2=O)c1. The molecule has 1 atom stereocenters. The van der Waals surface area contributed by atoms with Gasteiger partial charge < -0.3 is 15.0 Å². The molecule has 1 aliphatic heterocycles. The Bertz CT molecular complexity index is 581. The van der Waals surface area contributed by atoms with Crippen LogP contribution in [0.4, 0.5) is 5.69 Å². The van der Waals surface area contributed by atoms with E-state index in [2.05, 4.69) is 5.32 Å². The first kappa shape index (κ1) is 15.8. The van der Waals surface area contributed by atoms with Crippen LogP contribution in [0, 0.1) is 5.92 Å². The third-order valence-corrected chi connectivity index (χ3v) is 4.81. The zero-order valence-corrected chi connectivity index (χ0v) is 13.6. The molecule has 3 rings (SSSR count). The first-order chi connectivity index (χ1) is 11.2. The number of ether oxygens (including phenoxy) is 1. The van der Waals surface area contributed by atoms with E-state index in [0.29, 0.717) is 13.0 Å². The molecule has 1 aromatic carbocycles. The van der Waals surface area contributed by atoms with Gasteiger partial charge in [0.05, 0.1) is 13.2 Å². The number of methoxy groups -OCH3 is 1. The van der Waals surface area contributed by atoms with Gasteiger partial charge in [0.15, 0.2) is 0 Å². The van der Waals surface area contributed by atoms with Crippen molar-refractivity contribution in [2.45, 2.75) is 44.6 Å². The van der Waals surface area contributed by atoms with E-state index in [0.717, 1.165) is 37.1 Å². The summed E-state index contributed by atoms with van der Waals surface area (Å²) in [5, 5.41) is 3.07. The number of amides is 2. The molecule has 1 heterocycles. The predicted molar refractivity (Wildman–Crippen MR) is 88.5 cm³/mol. The minimum absolute atomic E-state index is 0.0483. The summed E-state index contributed by atoms with van der Waals surface area (Å²) in [6.45, 7) is 0.532. The first-order valence-corrected chi connectivity index (χ1v) is 8.42. The highest BCUT2D eigenvalue weighted by atomic mass is 16.5. The average molecular weight is 316 g/mol. The van der Waals surface area contributed by atoms with Gasteiger partial charge >= 0.3 is 0 Å². The molecule has 1 aliphatic carbocycles. The van der Waals surface area contributed by atoms with Crippen molar-refractivity contribution in [3.8, 4) is 5.75 Å². The highest BCUT2D eigenvalue weighted by Gasteiger charge is 2.33. The van der Waals surface area contributed by atoms with E-state index >= 15 is 0 Å². The van der Waals surface area contributed by atoms with Crippen LogP contribution >= 0.6 is 0 Å². The second kappa shape index (κ2) is 7.02. The van der Waals surface area contributed by atoms with E-state index in [1.54, 1.807) is 12.0 Å². The fourth-order valence-corrected chi connectivity index (χ4v) is 3.52. The Kier molecular flexibility index (Phi) is 4.84. The number of rotatable bonds is 4. The van der Waals surface area contributed by atoms with Crippen molar-refractivity contribution in [2.75, 3.05) is 18.6 Å². The van der Waals surface area contributed by atoms with Gasteiger partial charge in [-0.1, -0.05) is 25.3 Å². The minimum atomic E-state index is -0.0943. The Labute approximate surface area is 137 Å².